The maximum Gasteiger partial charge on any atom is 0.306 e. The van der Waals surface area contributed by atoms with Crippen LogP contribution in [0.3, 0.4) is 0 Å². The van der Waals surface area contributed by atoms with Crippen LogP contribution in [0.15, 0.2) is 48.5 Å². The van der Waals surface area contributed by atoms with Crippen LogP contribution >= 0.6 is 0 Å². The average Bonchev–Trinajstić information content (AvgIpc) is 2.80. The van der Waals surface area contributed by atoms with Gasteiger partial charge >= 0.3 is 11.9 Å². The Labute approximate surface area is 203 Å². The van der Waals surface area contributed by atoms with E-state index in [0.717, 1.165) is 30.6 Å². The standard InChI is InChI=1S/C28H39NO5/c1-4-5-6-10-22-11-9-12-23(19-22)15-16-24-13-7-8-14-26(24)33-21-25(20-29(2)3)34-28(32)18-17-27(30)31/h7-9,11-14,19,25H,4-6,10,15-18,20-21H2,1-3H3,(H,30,31). The second-order valence-electron chi connectivity index (χ2n) is 8.96. The molecule has 186 valence electrons. The van der Waals surface area contributed by atoms with Crippen LogP contribution in [-0.4, -0.2) is 55.3 Å². The van der Waals surface area contributed by atoms with Gasteiger partial charge in [0.05, 0.1) is 12.8 Å². The molecule has 0 spiro atoms. The SMILES string of the molecule is CCCCCc1cccc(CCc2ccccc2OCC(CN(C)C)OC(=O)CCC(=O)O)c1. The third-order valence-electron chi connectivity index (χ3n) is 5.55. The molecule has 6 heteroatoms. The van der Waals surface area contributed by atoms with E-state index in [1.165, 1.54) is 30.4 Å². The zero-order valence-corrected chi connectivity index (χ0v) is 20.8. The highest BCUT2D eigenvalue weighted by molar-refractivity contribution is 5.76. The summed E-state index contributed by atoms with van der Waals surface area (Å²) in [6, 6.07) is 16.8. The number of unbranched alkanes of at least 4 members (excludes halogenated alkanes) is 2. The number of esters is 1. The smallest absolute Gasteiger partial charge is 0.306 e. The van der Waals surface area contributed by atoms with Crippen LogP contribution in [0.4, 0.5) is 0 Å². The number of nitrogens with zero attached hydrogens (tertiary/aromatic N) is 1. The normalized spacial score (nSPS) is 11.9. The molecule has 0 bridgehead atoms. The fraction of sp³-hybridized carbons (Fsp3) is 0.500. The van der Waals surface area contributed by atoms with E-state index in [0.29, 0.717) is 6.54 Å². The summed E-state index contributed by atoms with van der Waals surface area (Å²) in [5.74, 6) is -0.755. The quantitative estimate of drug-likeness (QED) is 0.278. The number of hydrogen-bond donors (Lipinski definition) is 1. The molecule has 0 saturated heterocycles. The van der Waals surface area contributed by atoms with Crippen molar-refractivity contribution in [3.63, 3.8) is 0 Å². The molecule has 0 aliphatic heterocycles. The van der Waals surface area contributed by atoms with Crippen molar-refractivity contribution in [1.29, 1.82) is 0 Å². The molecule has 1 unspecified atom stereocenters. The first kappa shape index (κ1) is 27.4. The molecule has 0 fully saturated rings. The minimum atomic E-state index is -1.02. The number of aryl methyl sites for hydroxylation is 3. The fourth-order valence-electron chi connectivity index (χ4n) is 3.82. The van der Waals surface area contributed by atoms with Crippen LogP contribution in [-0.2, 0) is 33.6 Å². The second kappa shape index (κ2) is 15.1. The van der Waals surface area contributed by atoms with Crippen molar-refractivity contribution in [2.45, 2.75) is 64.4 Å². The maximum absolute atomic E-state index is 12.0. The predicted molar refractivity (Wildman–Crippen MR) is 134 cm³/mol. The highest BCUT2D eigenvalue weighted by Crippen LogP contribution is 2.21. The molecule has 34 heavy (non-hydrogen) atoms. The molecule has 1 N–H and O–H groups in total. The van der Waals surface area contributed by atoms with Gasteiger partial charge in [0.1, 0.15) is 18.5 Å². The van der Waals surface area contributed by atoms with Crippen molar-refractivity contribution in [3.05, 3.63) is 65.2 Å². The third-order valence-corrected chi connectivity index (χ3v) is 5.55. The lowest BCUT2D eigenvalue weighted by Gasteiger charge is -2.22. The van der Waals surface area contributed by atoms with Gasteiger partial charge < -0.3 is 19.5 Å². The summed E-state index contributed by atoms with van der Waals surface area (Å²) in [7, 11) is 3.78. The van der Waals surface area contributed by atoms with Crippen molar-refractivity contribution < 1.29 is 24.2 Å². The number of carbonyl (C=O) groups is 2. The number of carboxylic acid groups (broad SMARTS) is 1. The summed E-state index contributed by atoms with van der Waals surface area (Å²) in [6.07, 6.45) is 5.75. The monoisotopic (exact) mass is 469 g/mol. The summed E-state index contributed by atoms with van der Waals surface area (Å²) in [5.41, 5.74) is 3.83. The van der Waals surface area contributed by atoms with Gasteiger partial charge in [0.25, 0.3) is 0 Å². The molecule has 0 aliphatic rings. The number of ether oxygens (including phenoxy) is 2. The molecule has 0 radical (unpaired) electrons. The number of likely N-dealkylation sites (N-methyl/N-ethyl adjacent to an activating group) is 1. The van der Waals surface area contributed by atoms with Gasteiger partial charge in [-0.1, -0.05) is 62.2 Å². The van der Waals surface area contributed by atoms with Crippen LogP contribution in [0.25, 0.3) is 0 Å². The molecule has 0 amide bonds. The van der Waals surface area contributed by atoms with Gasteiger partial charge in [0.2, 0.25) is 0 Å². The topological polar surface area (TPSA) is 76.1 Å². The summed E-state index contributed by atoms with van der Waals surface area (Å²) in [5, 5.41) is 8.78. The van der Waals surface area contributed by atoms with Crippen molar-refractivity contribution in [2.75, 3.05) is 27.2 Å². The zero-order chi connectivity index (χ0) is 24.8. The van der Waals surface area contributed by atoms with Crippen LogP contribution in [0.2, 0.25) is 0 Å². The molecule has 2 aromatic rings. The van der Waals surface area contributed by atoms with E-state index in [-0.39, 0.29) is 19.4 Å². The Morgan fingerprint density at radius 1 is 0.941 bits per heavy atom. The molecule has 6 nitrogen and oxygen atoms in total. The Morgan fingerprint density at radius 2 is 1.68 bits per heavy atom. The van der Waals surface area contributed by atoms with Gasteiger partial charge in [-0.25, -0.2) is 0 Å². The number of rotatable bonds is 16. The Kier molecular flexibility index (Phi) is 12.2. The zero-order valence-electron chi connectivity index (χ0n) is 20.8. The van der Waals surface area contributed by atoms with Crippen molar-refractivity contribution in [3.8, 4) is 5.75 Å². The summed E-state index contributed by atoms with van der Waals surface area (Å²) in [4.78, 5) is 24.7. The molecule has 2 rings (SSSR count). The largest absolute Gasteiger partial charge is 0.489 e. The molecular weight excluding hydrogens is 430 g/mol. The number of para-hydroxylation sites is 1. The van der Waals surface area contributed by atoms with Gasteiger partial charge in [-0.3, -0.25) is 9.59 Å². The van der Waals surface area contributed by atoms with E-state index in [2.05, 4.69) is 37.3 Å². The van der Waals surface area contributed by atoms with Gasteiger partial charge in [-0.05, 0) is 62.5 Å². The Hall–Kier alpha value is -2.86. The minimum absolute atomic E-state index is 0.145. The second-order valence-corrected chi connectivity index (χ2v) is 8.96. The van der Waals surface area contributed by atoms with Crippen molar-refractivity contribution in [1.82, 2.24) is 4.90 Å². The lowest BCUT2D eigenvalue weighted by atomic mass is 10.00. The van der Waals surface area contributed by atoms with Gasteiger partial charge in [-0.2, -0.15) is 0 Å². The van der Waals surface area contributed by atoms with Crippen LogP contribution < -0.4 is 4.74 Å². The van der Waals surface area contributed by atoms with Gasteiger partial charge in [0.15, 0.2) is 0 Å². The molecular formula is C28H39NO5. The summed E-state index contributed by atoms with van der Waals surface area (Å²) in [6.45, 7) is 2.93. The van der Waals surface area contributed by atoms with Crippen molar-refractivity contribution >= 4 is 11.9 Å². The number of hydrogen-bond acceptors (Lipinski definition) is 5. The maximum atomic E-state index is 12.0. The molecule has 0 heterocycles. The van der Waals surface area contributed by atoms with E-state index in [4.69, 9.17) is 14.6 Å². The van der Waals surface area contributed by atoms with E-state index in [9.17, 15) is 9.59 Å². The van der Waals surface area contributed by atoms with Gasteiger partial charge in [-0.15, -0.1) is 0 Å². The van der Waals surface area contributed by atoms with E-state index in [1.807, 2.05) is 37.2 Å². The van der Waals surface area contributed by atoms with E-state index < -0.39 is 18.0 Å². The molecule has 0 saturated carbocycles. The lowest BCUT2D eigenvalue weighted by molar-refractivity contribution is -0.153. The Bertz CT molecular complexity index is 896. The Morgan fingerprint density at radius 3 is 2.38 bits per heavy atom. The van der Waals surface area contributed by atoms with E-state index >= 15 is 0 Å². The summed E-state index contributed by atoms with van der Waals surface area (Å²) >= 11 is 0. The van der Waals surface area contributed by atoms with Crippen LogP contribution in [0, 0.1) is 0 Å². The number of benzene rings is 2. The third kappa shape index (κ3) is 10.8. The fourth-order valence-corrected chi connectivity index (χ4v) is 3.82. The number of carboxylic acids is 1. The lowest BCUT2D eigenvalue weighted by Crippen LogP contribution is -2.35. The molecule has 0 aliphatic carbocycles. The average molecular weight is 470 g/mol. The van der Waals surface area contributed by atoms with Gasteiger partial charge in [0, 0.05) is 6.54 Å². The highest BCUT2D eigenvalue weighted by atomic mass is 16.6. The number of carbonyl (C=O) groups excluding carboxylic acids is 1. The Balaban J connectivity index is 1.96. The van der Waals surface area contributed by atoms with E-state index in [1.54, 1.807) is 0 Å². The summed E-state index contributed by atoms with van der Waals surface area (Å²) < 4.78 is 11.6. The minimum Gasteiger partial charge on any atom is -0.489 e. The highest BCUT2D eigenvalue weighted by Gasteiger charge is 2.18. The first-order chi connectivity index (χ1) is 16.4. The first-order valence-corrected chi connectivity index (χ1v) is 12.2. The van der Waals surface area contributed by atoms with Crippen LogP contribution in [0.1, 0.15) is 55.7 Å². The predicted octanol–water partition coefficient (Wildman–Crippen LogP) is 4.92. The molecule has 1 atom stereocenters. The first-order valence-electron chi connectivity index (χ1n) is 12.2. The van der Waals surface area contributed by atoms with Crippen molar-refractivity contribution in [2.24, 2.45) is 0 Å². The molecule has 2 aromatic carbocycles. The molecule has 0 aromatic heterocycles. The van der Waals surface area contributed by atoms with Crippen LogP contribution in [0.5, 0.6) is 5.75 Å². The number of aliphatic carboxylic acids is 1.